The van der Waals surface area contributed by atoms with E-state index in [1.807, 2.05) is 29.1 Å². The minimum absolute atomic E-state index is 0.105. The Morgan fingerprint density at radius 3 is 2.73 bits per heavy atom. The van der Waals surface area contributed by atoms with Gasteiger partial charge < -0.3 is 15.0 Å². The fraction of sp³-hybridized carbons (Fsp3) is 0.421. The Morgan fingerprint density at radius 2 is 2.12 bits per heavy atom. The van der Waals surface area contributed by atoms with Crippen LogP contribution >= 0.6 is 0 Å². The van der Waals surface area contributed by atoms with E-state index in [1.165, 1.54) is 7.11 Å². The number of nitrogens with one attached hydrogen (secondary N) is 1. The van der Waals surface area contributed by atoms with E-state index in [1.54, 1.807) is 13.2 Å². The molecular formula is C19H25N5O2. The highest BCUT2D eigenvalue weighted by atomic mass is 16.5. The number of guanidine groups is 1. The summed E-state index contributed by atoms with van der Waals surface area (Å²) < 4.78 is 6.73. The number of nitrogens with zero attached hydrogens (tertiary/aromatic N) is 4. The topological polar surface area (TPSA) is 71.8 Å². The maximum atomic E-state index is 11.9. The number of aliphatic imine (C=N–C) groups is 1. The van der Waals surface area contributed by atoms with Gasteiger partial charge in [-0.1, -0.05) is 19.1 Å². The van der Waals surface area contributed by atoms with Gasteiger partial charge in [-0.05, 0) is 29.7 Å². The molecule has 2 unspecified atom stereocenters. The summed E-state index contributed by atoms with van der Waals surface area (Å²) in [6.45, 7) is 4.16. The zero-order chi connectivity index (χ0) is 18.5. The molecule has 0 saturated carbocycles. The largest absolute Gasteiger partial charge is 0.469 e. The molecule has 2 aromatic rings. The van der Waals surface area contributed by atoms with Crippen LogP contribution in [-0.2, 0) is 16.1 Å². The average molecular weight is 355 g/mol. The summed E-state index contributed by atoms with van der Waals surface area (Å²) >= 11 is 0. The van der Waals surface area contributed by atoms with E-state index in [-0.39, 0.29) is 17.8 Å². The number of ether oxygens (including phenoxy) is 1. The van der Waals surface area contributed by atoms with Crippen molar-refractivity contribution >= 4 is 11.9 Å². The number of likely N-dealkylation sites (tertiary alicyclic amines) is 1. The van der Waals surface area contributed by atoms with Crippen molar-refractivity contribution in [2.75, 3.05) is 27.2 Å². The van der Waals surface area contributed by atoms with E-state index in [0.29, 0.717) is 13.1 Å². The molecule has 3 rings (SSSR count). The van der Waals surface area contributed by atoms with E-state index < -0.39 is 0 Å². The predicted molar refractivity (Wildman–Crippen MR) is 100 cm³/mol. The van der Waals surface area contributed by atoms with E-state index in [0.717, 1.165) is 23.8 Å². The van der Waals surface area contributed by atoms with Crippen LogP contribution in [0.3, 0.4) is 0 Å². The summed E-state index contributed by atoms with van der Waals surface area (Å²) in [5.74, 6) is 0.797. The second-order valence-corrected chi connectivity index (χ2v) is 6.53. The van der Waals surface area contributed by atoms with E-state index in [9.17, 15) is 4.79 Å². The average Bonchev–Trinajstić information content (AvgIpc) is 3.32. The van der Waals surface area contributed by atoms with Crippen molar-refractivity contribution in [1.29, 1.82) is 0 Å². The van der Waals surface area contributed by atoms with Gasteiger partial charge in [0.25, 0.3) is 0 Å². The summed E-state index contributed by atoms with van der Waals surface area (Å²) in [5.41, 5.74) is 2.18. The molecule has 1 aliphatic rings. The zero-order valence-corrected chi connectivity index (χ0v) is 15.4. The standard InChI is InChI=1S/C19H25N5O2/c1-14-12-23(13-17(14)18(25)26-3)19(20-2)21-11-15-5-7-16(8-6-15)24-10-4-9-22-24/h4-10,14,17H,11-13H2,1-3H3,(H,20,21). The van der Waals surface area contributed by atoms with Crippen molar-refractivity contribution in [3.8, 4) is 5.69 Å². The predicted octanol–water partition coefficient (Wildman–Crippen LogP) is 1.69. The molecule has 1 aliphatic heterocycles. The number of carbonyl (C=O) groups is 1. The quantitative estimate of drug-likeness (QED) is 0.513. The third-order valence-electron chi connectivity index (χ3n) is 4.78. The van der Waals surface area contributed by atoms with Crippen LogP contribution in [0.5, 0.6) is 0 Å². The van der Waals surface area contributed by atoms with E-state index >= 15 is 0 Å². The molecular weight excluding hydrogens is 330 g/mol. The zero-order valence-electron chi connectivity index (χ0n) is 15.4. The van der Waals surface area contributed by atoms with Crippen molar-refractivity contribution in [3.05, 3.63) is 48.3 Å². The lowest BCUT2D eigenvalue weighted by atomic mass is 9.99. The lowest BCUT2D eigenvalue weighted by Crippen LogP contribution is -2.40. The van der Waals surface area contributed by atoms with Crippen LogP contribution < -0.4 is 5.32 Å². The second-order valence-electron chi connectivity index (χ2n) is 6.53. The number of esters is 1. The number of benzene rings is 1. The maximum absolute atomic E-state index is 11.9. The summed E-state index contributed by atoms with van der Waals surface area (Å²) in [6.07, 6.45) is 3.68. The van der Waals surface area contributed by atoms with Gasteiger partial charge in [-0.3, -0.25) is 9.79 Å². The van der Waals surface area contributed by atoms with Gasteiger partial charge in [-0.15, -0.1) is 0 Å². The molecule has 1 aromatic heterocycles. The molecule has 0 spiro atoms. The smallest absolute Gasteiger partial charge is 0.310 e. The highest BCUT2D eigenvalue weighted by molar-refractivity contribution is 5.82. The van der Waals surface area contributed by atoms with Gasteiger partial charge in [0.15, 0.2) is 5.96 Å². The molecule has 0 radical (unpaired) electrons. The van der Waals surface area contributed by atoms with E-state index in [4.69, 9.17) is 4.74 Å². The summed E-state index contributed by atoms with van der Waals surface area (Å²) in [6, 6.07) is 10.1. The van der Waals surface area contributed by atoms with Crippen LogP contribution in [-0.4, -0.2) is 53.9 Å². The summed E-state index contributed by atoms with van der Waals surface area (Å²) in [5, 5.41) is 7.61. The highest BCUT2D eigenvalue weighted by Gasteiger charge is 2.36. The Labute approximate surface area is 153 Å². The number of aromatic nitrogens is 2. The van der Waals surface area contributed by atoms with Crippen LogP contribution in [0.2, 0.25) is 0 Å². The summed E-state index contributed by atoms with van der Waals surface area (Å²) in [4.78, 5) is 18.4. The molecule has 1 N–H and O–H groups in total. The van der Waals surface area contributed by atoms with Crippen LogP contribution in [0.4, 0.5) is 0 Å². The first kappa shape index (κ1) is 18.0. The SMILES string of the molecule is CN=C(NCc1ccc(-n2cccn2)cc1)N1CC(C)C(C(=O)OC)C1. The maximum Gasteiger partial charge on any atom is 0.310 e. The Kier molecular flexibility index (Phi) is 5.55. The van der Waals surface area contributed by atoms with Crippen molar-refractivity contribution in [2.45, 2.75) is 13.5 Å². The molecule has 138 valence electrons. The van der Waals surface area contributed by atoms with Crippen LogP contribution in [0, 0.1) is 11.8 Å². The Hall–Kier alpha value is -2.83. The van der Waals surface area contributed by atoms with Crippen molar-refractivity contribution in [1.82, 2.24) is 20.0 Å². The minimum Gasteiger partial charge on any atom is -0.469 e. The Bertz CT molecular complexity index is 755. The van der Waals surface area contributed by atoms with Gasteiger partial charge in [0.2, 0.25) is 0 Å². The second kappa shape index (κ2) is 8.03. The van der Waals surface area contributed by atoms with Gasteiger partial charge >= 0.3 is 5.97 Å². The molecule has 1 saturated heterocycles. The molecule has 7 nitrogen and oxygen atoms in total. The third kappa shape index (κ3) is 3.87. The Balaban J connectivity index is 1.59. The molecule has 0 bridgehead atoms. The first-order chi connectivity index (χ1) is 12.6. The van der Waals surface area contributed by atoms with Gasteiger partial charge in [0, 0.05) is 39.1 Å². The monoisotopic (exact) mass is 355 g/mol. The molecule has 0 aliphatic carbocycles. The van der Waals surface area contributed by atoms with Crippen molar-refractivity contribution < 1.29 is 9.53 Å². The summed E-state index contributed by atoms with van der Waals surface area (Å²) in [7, 11) is 3.21. The number of rotatable bonds is 4. The van der Waals surface area contributed by atoms with Gasteiger partial charge in [0.05, 0.1) is 18.7 Å². The number of hydrogen-bond donors (Lipinski definition) is 1. The molecule has 1 fully saturated rings. The fourth-order valence-corrected chi connectivity index (χ4v) is 3.30. The lowest BCUT2D eigenvalue weighted by molar-refractivity contribution is -0.145. The molecule has 2 heterocycles. The third-order valence-corrected chi connectivity index (χ3v) is 4.78. The number of hydrogen-bond acceptors (Lipinski definition) is 4. The minimum atomic E-state index is -0.148. The van der Waals surface area contributed by atoms with Crippen LogP contribution in [0.25, 0.3) is 5.69 Å². The number of methoxy groups -OCH3 is 1. The molecule has 1 aromatic carbocycles. The lowest BCUT2D eigenvalue weighted by Gasteiger charge is -2.21. The van der Waals surface area contributed by atoms with Crippen molar-refractivity contribution in [2.24, 2.45) is 16.8 Å². The van der Waals surface area contributed by atoms with Crippen LogP contribution in [0.1, 0.15) is 12.5 Å². The Morgan fingerprint density at radius 1 is 1.35 bits per heavy atom. The highest BCUT2D eigenvalue weighted by Crippen LogP contribution is 2.24. The van der Waals surface area contributed by atoms with Gasteiger partial charge in [0.1, 0.15) is 0 Å². The van der Waals surface area contributed by atoms with Gasteiger partial charge in [-0.25, -0.2) is 4.68 Å². The first-order valence-electron chi connectivity index (χ1n) is 8.74. The number of carbonyl (C=O) groups excluding carboxylic acids is 1. The molecule has 2 atom stereocenters. The normalized spacial score (nSPS) is 20.3. The van der Waals surface area contributed by atoms with Crippen LogP contribution in [0.15, 0.2) is 47.7 Å². The van der Waals surface area contributed by atoms with Gasteiger partial charge in [-0.2, -0.15) is 5.10 Å². The molecule has 7 heteroatoms. The van der Waals surface area contributed by atoms with Crippen molar-refractivity contribution in [3.63, 3.8) is 0 Å². The fourth-order valence-electron chi connectivity index (χ4n) is 3.30. The molecule has 0 amide bonds. The molecule has 26 heavy (non-hydrogen) atoms. The first-order valence-corrected chi connectivity index (χ1v) is 8.74. The van der Waals surface area contributed by atoms with E-state index in [2.05, 4.69) is 39.4 Å².